The van der Waals surface area contributed by atoms with E-state index in [1.165, 1.54) is 142 Å². The molecular weight excluding hydrogens is 1340 g/mol. The van der Waals surface area contributed by atoms with E-state index in [0.717, 1.165) is 63.7 Å². The predicted molar refractivity (Wildman–Crippen MR) is 370 cm³/mol. The fourth-order valence-corrected chi connectivity index (χ4v) is 14.1. The fourth-order valence-electron chi connectivity index (χ4n) is 14.1. The molecule has 29 heteroatoms. The van der Waals surface area contributed by atoms with Crippen LogP contribution in [0, 0.1) is 5.92 Å². The van der Waals surface area contributed by atoms with Gasteiger partial charge in [-0.1, -0.05) is 220 Å². The number of unbranched alkanes of at least 4 members (excludes halogenated alkanes) is 27. The summed E-state index contributed by atoms with van der Waals surface area (Å²) in [5.74, 6) is -0.0911. The lowest BCUT2D eigenvalue weighted by molar-refractivity contribution is -0.383. The zero-order valence-corrected chi connectivity index (χ0v) is 61.6. The van der Waals surface area contributed by atoms with Gasteiger partial charge in [0.25, 0.3) is 0 Å². The maximum atomic E-state index is 13.7. The van der Waals surface area contributed by atoms with Crippen molar-refractivity contribution in [1.29, 1.82) is 0 Å². The third-order valence-electron chi connectivity index (χ3n) is 21.1. The molecule has 0 bridgehead atoms. The molecule has 5 aliphatic rings. The lowest BCUT2D eigenvalue weighted by Crippen LogP contribution is -2.67. The molecular formula is C73H137NO28. The predicted octanol–water partition coefficient (Wildman–Crippen LogP) is 2.27. The first-order valence-electron chi connectivity index (χ1n) is 39.1. The molecule has 5 fully saturated rings. The van der Waals surface area contributed by atoms with Crippen LogP contribution < -0.4 is 5.32 Å². The highest BCUT2D eigenvalue weighted by atomic mass is 16.8. The van der Waals surface area contributed by atoms with Crippen LogP contribution in [0.2, 0.25) is 0 Å². The average molecular weight is 1480 g/mol. The van der Waals surface area contributed by atoms with Gasteiger partial charge in [0.15, 0.2) is 31.5 Å². The van der Waals surface area contributed by atoms with E-state index in [-0.39, 0.29) is 12.8 Å². The number of carbonyl (C=O) groups excluding carboxylic acids is 1. The number of hydrogen-bond donors (Lipinski definition) is 18. The summed E-state index contributed by atoms with van der Waals surface area (Å²) in [6, 6.07) is -1.40. The van der Waals surface area contributed by atoms with Crippen molar-refractivity contribution < 1.29 is 139 Å². The molecule has 102 heavy (non-hydrogen) atoms. The van der Waals surface area contributed by atoms with Crippen LogP contribution in [0.15, 0.2) is 0 Å². The van der Waals surface area contributed by atoms with Gasteiger partial charge < -0.3 is 139 Å². The van der Waals surface area contributed by atoms with Gasteiger partial charge in [-0.05, 0) is 32.6 Å². The van der Waals surface area contributed by atoms with E-state index in [0.29, 0.717) is 12.8 Å². The quantitative estimate of drug-likeness (QED) is 0.0388. The van der Waals surface area contributed by atoms with Crippen molar-refractivity contribution in [2.75, 3.05) is 26.4 Å². The Bertz CT molecular complexity index is 2150. The van der Waals surface area contributed by atoms with Crippen molar-refractivity contribution in [3.05, 3.63) is 0 Å². The lowest BCUT2D eigenvalue weighted by Gasteiger charge is -2.48. The maximum absolute atomic E-state index is 13.7. The van der Waals surface area contributed by atoms with Crippen molar-refractivity contribution in [3.63, 3.8) is 0 Å². The summed E-state index contributed by atoms with van der Waals surface area (Å²) >= 11 is 0. The Hall–Kier alpha value is -1.61. The highest BCUT2D eigenvalue weighted by Gasteiger charge is 2.56. The molecule has 0 radical (unpaired) electrons. The molecule has 5 rings (SSSR count). The minimum absolute atomic E-state index is 0.129. The average Bonchev–Trinajstić information content (AvgIpc) is 0.971. The van der Waals surface area contributed by atoms with Crippen molar-refractivity contribution in [2.24, 2.45) is 5.92 Å². The van der Waals surface area contributed by atoms with Crippen molar-refractivity contribution >= 4 is 5.91 Å². The van der Waals surface area contributed by atoms with Crippen LogP contribution in [0.4, 0.5) is 0 Å². The van der Waals surface area contributed by atoms with Crippen molar-refractivity contribution in [1.82, 2.24) is 5.32 Å². The number of ether oxygens (including phenoxy) is 10. The molecule has 0 aromatic rings. The molecule has 0 saturated carbocycles. The summed E-state index contributed by atoms with van der Waals surface area (Å²) < 4.78 is 58.0. The minimum Gasteiger partial charge on any atom is -0.394 e. The molecule has 0 aliphatic carbocycles. The molecule has 0 spiro atoms. The molecule has 602 valence electrons. The molecule has 5 aliphatic heterocycles. The van der Waals surface area contributed by atoms with E-state index >= 15 is 0 Å². The second-order valence-corrected chi connectivity index (χ2v) is 29.8. The number of hydrogen-bond acceptors (Lipinski definition) is 28. The van der Waals surface area contributed by atoms with E-state index in [1.807, 2.05) is 0 Å². The molecule has 0 aromatic heterocycles. The fraction of sp³-hybridized carbons (Fsp3) is 0.986. The van der Waals surface area contributed by atoms with Crippen LogP contribution >= 0.6 is 0 Å². The van der Waals surface area contributed by atoms with E-state index in [9.17, 15) is 91.6 Å². The van der Waals surface area contributed by atoms with Crippen molar-refractivity contribution in [2.45, 2.75) is 424 Å². The van der Waals surface area contributed by atoms with Gasteiger partial charge in [0.05, 0.1) is 50.8 Å². The second kappa shape index (κ2) is 49.5. The number of nitrogens with one attached hydrogen (secondary N) is 1. The van der Waals surface area contributed by atoms with Crippen LogP contribution in [0.1, 0.15) is 247 Å². The standard InChI is InChI=1S/C73H137NO28/c1-6-8-9-10-11-12-13-14-15-16-17-18-19-20-21-22-25-29-32-35-38-48(79)68(92)74-46(52(80)47(78)37-34-31-28-26-23-24-27-30-33-36-43(3)7-2)40-93-69-62(90)57(85)66(49(39-75)96-69)101-73-63(91)58(86)67(51(98-73)42-95-71-61(89)56(84)65(100-71)45(5)77)102-72-59(87)54(82)53(81)50(97-72)41-94-70-60(88)55(83)64(99-70)44(4)76/h43-67,69-73,75-91H,6-42H2,1-5H3,(H,74,92). The molecule has 29 nitrogen and oxygen atoms in total. The summed E-state index contributed by atoms with van der Waals surface area (Å²) in [6.45, 7) is 6.21. The van der Waals surface area contributed by atoms with Gasteiger partial charge in [0.1, 0.15) is 122 Å². The summed E-state index contributed by atoms with van der Waals surface area (Å²) in [6.07, 6.45) is -12.7. The van der Waals surface area contributed by atoms with Gasteiger partial charge in [-0.2, -0.15) is 0 Å². The highest BCUT2D eigenvalue weighted by molar-refractivity contribution is 5.80. The maximum Gasteiger partial charge on any atom is 0.249 e. The van der Waals surface area contributed by atoms with E-state index in [1.54, 1.807) is 0 Å². The van der Waals surface area contributed by atoms with Crippen LogP contribution in [-0.2, 0) is 52.2 Å². The number of rotatable bonds is 54. The van der Waals surface area contributed by atoms with E-state index in [4.69, 9.17) is 47.4 Å². The third kappa shape index (κ3) is 29.7. The lowest BCUT2D eigenvalue weighted by atomic mass is 9.96. The zero-order chi connectivity index (χ0) is 74.8. The Morgan fingerprint density at radius 1 is 0.382 bits per heavy atom. The van der Waals surface area contributed by atoms with Gasteiger partial charge in [-0.15, -0.1) is 0 Å². The number of aliphatic hydroxyl groups excluding tert-OH is 17. The summed E-state index contributed by atoms with van der Waals surface area (Å²) in [4.78, 5) is 13.7. The Kier molecular flexibility index (Phi) is 44.2. The topological polar surface area (TPSA) is 465 Å². The first-order chi connectivity index (χ1) is 48.9. The normalized spacial score (nSPS) is 35.1. The molecule has 30 atom stereocenters. The molecule has 30 unspecified atom stereocenters. The first kappa shape index (κ1) is 91.0. The molecule has 0 aromatic carbocycles. The van der Waals surface area contributed by atoms with Gasteiger partial charge >= 0.3 is 0 Å². The summed E-state index contributed by atoms with van der Waals surface area (Å²) in [5, 5.41) is 190. The SMILES string of the molecule is CCCCCCCCCCCCCCCCCCCCCCC(O)C(=O)NC(COC1OC(CO)C(OC2OC(COC3OC(C(C)O)C(O)C3O)C(OC3OC(COC4OC(C(C)O)C(O)C4O)C(O)C(O)C3O)C(O)C2O)C(O)C1O)C(O)C(O)CCCCCCCCCCCC(C)CC. The van der Waals surface area contributed by atoms with Crippen LogP contribution in [0.3, 0.4) is 0 Å². The van der Waals surface area contributed by atoms with Crippen molar-refractivity contribution in [3.8, 4) is 0 Å². The van der Waals surface area contributed by atoms with E-state index in [2.05, 4.69) is 26.1 Å². The summed E-state index contributed by atoms with van der Waals surface area (Å²) in [5.41, 5.74) is 0. The minimum atomic E-state index is -2.21. The second-order valence-electron chi connectivity index (χ2n) is 29.8. The molecule has 1 amide bonds. The Labute approximate surface area is 604 Å². The third-order valence-corrected chi connectivity index (χ3v) is 21.1. The summed E-state index contributed by atoms with van der Waals surface area (Å²) in [7, 11) is 0. The Morgan fingerprint density at radius 2 is 0.735 bits per heavy atom. The zero-order valence-electron chi connectivity index (χ0n) is 61.6. The smallest absolute Gasteiger partial charge is 0.249 e. The first-order valence-corrected chi connectivity index (χ1v) is 39.1. The molecule has 18 N–H and O–H groups in total. The highest BCUT2D eigenvalue weighted by Crippen LogP contribution is 2.36. The van der Waals surface area contributed by atoms with Gasteiger partial charge in [-0.3, -0.25) is 4.79 Å². The monoisotopic (exact) mass is 1480 g/mol. The Balaban J connectivity index is 1.18. The number of carbonyl (C=O) groups is 1. The number of amides is 1. The van der Waals surface area contributed by atoms with Gasteiger partial charge in [-0.25, -0.2) is 0 Å². The Morgan fingerprint density at radius 3 is 1.16 bits per heavy atom. The van der Waals surface area contributed by atoms with Gasteiger partial charge in [0.2, 0.25) is 5.91 Å². The van der Waals surface area contributed by atoms with Gasteiger partial charge in [0, 0.05) is 0 Å². The molecule has 5 heterocycles. The van der Waals surface area contributed by atoms with Crippen LogP contribution in [0.25, 0.3) is 0 Å². The number of aliphatic hydroxyl groups is 17. The largest absolute Gasteiger partial charge is 0.394 e. The molecule has 5 saturated heterocycles. The van der Waals surface area contributed by atoms with Crippen LogP contribution in [-0.4, -0.2) is 297 Å². The van der Waals surface area contributed by atoms with Crippen LogP contribution in [0.5, 0.6) is 0 Å². The van der Waals surface area contributed by atoms with E-state index < -0.39 is 210 Å².